The van der Waals surface area contributed by atoms with E-state index in [0.717, 1.165) is 37.1 Å². The lowest BCUT2D eigenvalue weighted by Gasteiger charge is -2.22. The van der Waals surface area contributed by atoms with E-state index in [9.17, 15) is 9.59 Å². The van der Waals surface area contributed by atoms with Gasteiger partial charge in [-0.05, 0) is 54.4 Å². The molecule has 0 fully saturated rings. The average Bonchev–Trinajstić information content (AvgIpc) is 2.85. The highest BCUT2D eigenvalue weighted by molar-refractivity contribution is 7.80. The van der Waals surface area contributed by atoms with Crippen LogP contribution in [0.25, 0.3) is 0 Å². The van der Waals surface area contributed by atoms with Crippen LogP contribution in [-0.2, 0) is 4.79 Å². The summed E-state index contributed by atoms with van der Waals surface area (Å²) >= 11 is 5.44. The molecule has 0 heterocycles. The van der Waals surface area contributed by atoms with Crippen LogP contribution in [-0.4, -0.2) is 34.9 Å². The molecule has 6 heteroatoms. The van der Waals surface area contributed by atoms with Gasteiger partial charge < -0.3 is 15.5 Å². The number of nitrogens with one attached hydrogen (secondary N) is 2. The van der Waals surface area contributed by atoms with Gasteiger partial charge in [0.25, 0.3) is 5.91 Å². The molecule has 0 aliphatic carbocycles. The van der Waals surface area contributed by atoms with Crippen molar-refractivity contribution in [2.45, 2.75) is 32.6 Å². The van der Waals surface area contributed by atoms with Gasteiger partial charge in [0.05, 0.1) is 5.92 Å². The summed E-state index contributed by atoms with van der Waals surface area (Å²) in [5.74, 6) is -0.721. The van der Waals surface area contributed by atoms with Crippen LogP contribution in [0.15, 0.2) is 84.9 Å². The van der Waals surface area contributed by atoms with Crippen molar-refractivity contribution in [3.8, 4) is 0 Å². The van der Waals surface area contributed by atoms with Crippen LogP contribution < -0.4 is 10.6 Å². The van der Waals surface area contributed by atoms with Crippen LogP contribution in [0.3, 0.4) is 0 Å². The maximum atomic E-state index is 13.3. The van der Waals surface area contributed by atoms with E-state index in [1.807, 2.05) is 77.7 Å². The van der Waals surface area contributed by atoms with Crippen molar-refractivity contribution >= 4 is 34.8 Å². The molecule has 0 atom stereocenters. The number of carbonyl (C=O) groups excluding carboxylic acids is 2. The van der Waals surface area contributed by atoms with Gasteiger partial charge >= 0.3 is 0 Å². The van der Waals surface area contributed by atoms with Crippen molar-refractivity contribution in [2.75, 3.05) is 18.4 Å². The molecule has 34 heavy (non-hydrogen) atoms. The highest BCUT2D eigenvalue weighted by atomic mass is 32.1. The number of thiocarbonyl (C=S) groups is 1. The first kappa shape index (κ1) is 25.1. The van der Waals surface area contributed by atoms with Gasteiger partial charge in [0, 0.05) is 24.3 Å². The predicted octanol–water partition coefficient (Wildman–Crippen LogP) is 5.59. The smallest absolute Gasteiger partial charge is 0.253 e. The molecule has 2 N–H and O–H groups in total. The number of nitrogens with zero attached hydrogens (tertiary/aromatic N) is 1. The molecule has 2 amide bonds. The molecule has 0 aliphatic rings. The molecule has 176 valence electrons. The fraction of sp³-hybridized carbons (Fsp3) is 0.250. The van der Waals surface area contributed by atoms with E-state index in [2.05, 4.69) is 24.5 Å². The quantitative estimate of drug-likeness (QED) is 0.398. The van der Waals surface area contributed by atoms with E-state index in [1.54, 1.807) is 12.1 Å². The Morgan fingerprint density at radius 2 is 1.38 bits per heavy atom. The van der Waals surface area contributed by atoms with Crippen molar-refractivity contribution in [1.82, 2.24) is 10.2 Å². The van der Waals surface area contributed by atoms with E-state index in [0.29, 0.717) is 11.3 Å². The second-order valence-corrected chi connectivity index (χ2v) is 8.48. The number of rotatable bonds is 9. The molecule has 0 spiro atoms. The summed E-state index contributed by atoms with van der Waals surface area (Å²) in [6, 6.07) is 26.4. The minimum Gasteiger partial charge on any atom is -0.339 e. The largest absolute Gasteiger partial charge is 0.339 e. The van der Waals surface area contributed by atoms with E-state index in [4.69, 9.17) is 12.2 Å². The van der Waals surface area contributed by atoms with Gasteiger partial charge in [-0.15, -0.1) is 0 Å². The molecule has 0 radical (unpaired) electrons. The van der Waals surface area contributed by atoms with Crippen LogP contribution in [0.2, 0.25) is 0 Å². The van der Waals surface area contributed by atoms with Crippen molar-refractivity contribution in [2.24, 2.45) is 0 Å². The van der Waals surface area contributed by atoms with Gasteiger partial charge in [-0.1, -0.05) is 80.6 Å². The SMILES string of the molecule is CCCN(CCC)C(=O)c1cccc(NC(=S)NC(=O)C(c2ccccc2)c2ccccc2)c1. The molecule has 0 saturated heterocycles. The van der Waals surface area contributed by atoms with Gasteiger partial charge in [0.1, 0.15) is 0 Å². The highest BCUT2D eigenvalue weighted by Gasteiger charge is 2.23. The van der Waals surface area contributed by atoms with Gasteiger partial charge in [-0.3, -0.25) is 9.59 Å². The Morgan fingerprint density at radius 3 is 1.91 bits per heavy atom. The molecule has 3 rings (SSSR count). The van der Waals surface area contributed by atoms with E-state index < -0.39 is 5.92 Å². The molecule has 5 nitrogen and oxygen atoms in total. The fourth-order valence-corrected chi connectivity index (χ4v) is 4.12. The number of anilines is 1. The molecule has 3 aromatic rings. The first-order valence-corrected chi connectivity index (χ1v) is 12.0. The third kappa shape index (κ3) is 6.75. The number of benzene rings is 3. The van der Waals surface area contributed by atoms with Gasteiger partial charge in [0.15, 0.2) is 5.11 Å². The Hall–Kier alpha value is -3.51. The summed E-state index contributed by atoms with van der Waals surface area (Å²) in [6.45, 7) is 5.57. The second-order valence-electron chi connectivity index (χ2n) is 8.07. The third-order valence-electron chi connectivity index (χ3n) is 5.41. The Balaban J connectivity index is 1.73. The molecule has 0 saturated carbocycles. The zero-order chi connectivity index (χ0) is 24.3. The Morgan fingerprint density at radius 1 is 0.824 bits per heavy atom. The van der Waals surface area contributed by atoms with Crippen LogP contribution in [0.4, 0.5) is 5.69 Å². The monoisotopic (exact) mass is 473 g/mol. The lowest BCUT2D eigenvalue weighted by atomic mass is 9.90. The molecular formula is C28H31N3O2S. The number of amides is 2. The maximum absolute atomic E-state index is 13.3. The van der Waals surface area contributed by atoms with Crippen molar-refractivity contribution in [3.05, 3.63) is 102 Å². The second kappa shape index (κ2) is 12.7. The number of hydrogen-bond acceptors (Lipinski definition) is 3. The van der Waals surface area contributed by atoms with Crippen LogP contribution in [0, 0.1) is 0 Å². The van der Waals surface area contributed by atoms with E-state index in [1.165, 1.54) is 0 Å². The van der Waals surface area contributed by atoms with Crippen molar-refractivity contribution in [1.29, 1.82) is 0 Å². The summed E-state index contributed by atoms with van der Waals surface area (Å²) in [5.41, 5.74) is 3.01. The summed E-state index contributed by atoms with van der Waals surface area (Å²) in [6.07, 6.45) is 1.81. The number of hydrogen-bond donors (Lipinski definition) is 2. The van der Waals surface area contributed by atoms with Crippen molar-refractivity contribution < 1.29 is 9.59 Å². The minimum atomic E-state index is -0.494. The summed E-state index contributed by atoms with van der Waals surface area (Å²) in [4.78, 5) is 28.1. The molecule has 3 aromatic carbocycles. The third-order valence-corrected chi connectivity index (χ3v) is 5.61. The minimum absolute atomic E-state index is 0.00415. The summed E-state index contributed by atoms with van der Waals surface area (Å²) < 4.78 is 0. The molecule has 0 bridgehead atoms. The Kier molecular flexibility index (Phi) is 9.35. The van der Waals surface area contributed by atoms with Crippen LogP contribution in [0.5, 0.6) is 0 Å². The molecule has 0 aromatic heterocycles. The summed E-state index contributed by atoms with van der Waals surface area (Å²) in [5, 5.41) is 6.07. The number of carbonyl (C=O) groups is 2. The zero-order valence-electron chi connectivity index (χ0n) is 19.7. The fourth-order valence-electron chi connectivity index (χ4n) is 3.90. The average molecular weight is 474 g/mol. The van der Waals surface area contributed by atoms with Gasteiger partial charge in [-0.25, -0.2) is 0 Å². The zero-order valence-corrected chi connectivity index (χ0v) is 20.5. The first-order valence-electron chi connectivity index (χ1n) is 11.6. The van der Waals surface area contributed by atoms with Gasteiger partial charge in [0.2, 0.25) is 5.91 Å². The molecular weight excluding hydrogens is 442 g/mol. The van der Waals surface area contributed by atoms with Crippen molar-refractivity contribution in [3.63, 3.8) is 0 Å². The van der Waals surface area contributed by atoms with E-state index >= 15 is 0 Å². The van der Waals surface area contributed by atoms with Gasteiger partial charge in [-0.2, -0.15) is 0 Å². The molecule has 0 aliphatic heterocycles. The lowest BCUT2D eigenvalue weighted by molar-refractivity contribution is -0.120. The predicted molar refractivity (Wildman–Crippen MR) is 142 cm³/mol. The van der Waals surface area contributed by atoms with E-state index in [-0.39, 0.29) is 16.9 Å². The first-order chi connectivity index (χ1) is 16.5. The lowest BCUT2D eigenvalue weighted by Crippen LogP contribution is -2.38. The summed E-state index contributed by atoms with van der Waals surface area (Å²) in [7, 11) is 0. The standard InChI is InChI=1S/C28H31N3O2S/c1-3-18-31(19-4-2)27(33)23-16-11-17-24(20-23)29-28(34)30-26(32)25(21-12-7-5-8-13-21)22-14-9-6-10-15-22/h5-17,20,25H,3-4,18-19H2,1-2H3,(H2,29,30,32,34). The normalized spacial score (nSPS) is 10.6. The Labute approximate surface area is 207 Å². The molecule has 0 unspecified atom stereocenters. The Bertz CT molecular complexity index is 1060. The maximum Gasteiger partial charge on any atom is 0.253 e. The topological polar surface area (TPSA) is 61.4 Å². The van der Waals surface area contributed by atoms with Crippen LogP contribution >= 0.6 is 12.2 Å². The highest BCUT2D eigenvalue weighted by Crippen LogP contribution is 2.25. The van der Waals surface area contributed by atoms with Crippen LogP contribution in [0.1, 0.15) is 54.1 Å².